The summed E-state index contributed by atoms with van der Waals surface area (Å²) in [7, 11) is 0. The van der Waals surface area contributed by atoms with Gasteiger partial charge in [-0.1, -0.05) is 13.8 Å². The summed E-state index contributed by atoms with van der Waals surface area (Å²) in [5.74, 6) is 1.64. The summed E-state index contributed by atoms with van der Waals surface area (Å²) in [4.78, 5) is 11.6. The zero-order valence-corrected chi connectivity index (χ0v) is 14.0. The number of alkyl halides is 1. The zero-order chi connectivity index (χ0) is 14.8. The second kappa shape index (κ2) is 6.32. The van der Waals surface area contributed by atoms with Gasteiger partial charge in [-0.25, -0.2) is 9.97 Å². The highest BCUT2D eigenvalue weighted by atomic mass is 35.5. The third-order valence-corrected chi connectivity index (χ3v) is 4.72. The standard InChI is InChI=1S/C16H20ClN3S/c1-11(2)16-18-8-15(14(7-17)19-16)20(13-3-4-13)9-12-5-6-21-10-12/h5-6,8,10-11,13H,3-4,7,9H2,1-2H3. The molecule has 112 valence electrons. The molecule has 0 aromatic carbocycles. The third kappa shape index (κ3) is 3.38. The maximum Gasteiger partial charge on any atom is 0.131 e. The van der Waals surface area contributed by atoms with Crippen LogP contribution in [-0.4, -0.2) is 16.0 Å². The topological polar surface area (TPSA) is 29.0 Å². The van der Waals surface area contributed by atoms with Gasteiger partial charge in [0.25, 0.3) is 0 Å². The van der Waals surface area contributed by atoms with E-state index in [0.717, 1.165) is 23.8 Å². The van der Waals surface area contributed by atoms with Crippen molar-refractivity contribution in [2.45, 2.75) is 51.1 Å². The van der Waals surface area contributed by atoms with Gasteiger partial charge in [0.05, 0.1) is 23.5 Å². The van der Waals surface area contributed by atoms with E-state index in [4.69, 9.17) is 11.6 Å². The van der Waals surface area contributed by atoms with Crippen LogP contribution in [0, 0.1) is 0 Å². The van der Waals surface area contributed by atoms with Crippen LogP contribution >= 0.6 is 22.9 Å². The molecule has 0 saturated heterocycles. The van der Waals surface area contributed by atoms with E-state index in [1.807, 2.05) is 6.20 Å². The molecule has 21 heavy (non-hydrogen) atoms. The van der Waals surface area contributed by atoms with Crippen molar-refractivity contribution >= 4 is 28.6 Å². The lowest BCUT2D eigenvalue weighted by molar-refractivity contribution is 0.741. The van der Waals surface area contributed by atoms with Crippen LogP contribution < -0.4 is 4.90 Å². The molecule has 0 amide bonds. The fourth-order valence-electron chi connectivity index (χ4n) is 2.42. The molecule has 1 aliphatic carbocycles. The second-order valence-corrected chi connectivity index (χ2v) is 6.89. The van der Waals surface area contributed by atoms with E-state index in [9.17, 15) is 0 Å². The predicted octanol–water partition coefficient (Wildman–Crippen LogP) is 4.57. The van der Waals surface area contributed by atoms with E-state index in [-0.39, 0.29) is 0 Å². The number of thiophene rings is 1. The number of hydrogen-bond donors (Lipinski definition) is 0. The van der Waals surface area contributed by atoms with Crippen LogP contribution in [0.3, 0.4) is 0 Å². The van der Waals surface area contributed by atoms with Gasteiger partial charge < -0.3 is 4.90 Å². The van der Waals surface area contributed by atoms with Gasteiger partial charge >= 0.3 is 0 Å². The predicted molar refractivity (Wildman–Crippen MR) is 89.2 cm³/mol. The van der Waals surface area contributed by atoms with Crippen LogP contribution in [0.5, 0.6) is 0 Å². The Morgan fingerprint density at radius 1 is 1.43 bits per heavy atom. The van der Waals surface area contributed by atoms with Gasteiger partial charge in [0.1, 0.15) is 5.82 Å². The van der Waals surface area contributed by atoms with Crippen molar-refractivity contribution in [1.82, 2.24) is 9.97 Å². The van der Waals surface area contributed by atoms with E-state index >= 15 is 0 Å². The molecule has 0 N–H and O–H groups in total. The number of aromatic nitrogens is 2. The molecule has 0 radical (unpaired) electrons. The van der Waals surface area contributed by atoms with Crippen molar-refractivity contribution in [2.24, 2.45) is 0 Å². The molecule has 2 aromatic heterocycles. The summed E-state index contributed by atoms with van der Waals surface area (Å²) in [6, 6.07) is 2.80. The third-order valence-electron chi connectivity index (χ3n) is 3.74. The Morgan fingerprint density at radius 3 is 2.81 bits per heavy atom. The first kappa shape index (κ1) is 14.8. The van der Waals surface area contributed by atoms with Crippen molar-refractivity contribution < 1.29 is 0 Å². The van der Waals surface area contributed by atoms with E-state index in [2.05, 4.69) is 45.5 Å². The Kier molecular flexibility index (Phi) is 4.45. The number of anilines is 1. The summed E-state index contributed by atoms with van der Waals surface area (Å²) in [5, 5.41) is 4.33. The van der Waals surface area contributed by atoms with Crippen LogP contribution in [0.15, 0.2) is 23.0 Å². The number of hydrogen-bond acceptors (Lipinski definition) is 4. The van der Waals surface area contributed by atoms with Gasteiger partial charge in [-0.15, -0.1) is 11.6 Å². The average molecular weight is 322 g/mol. The highest BCUT2D eigenvalue weighted by Gasteiger charge is 2.31. The highest BCUT2D eigenvalue weighted by molar-refractivity contribution is 7.07. The van der Waals surface area contributed by atoms with Crippen molar-refractivity contribution in [1.29, 1.82) is 0 Å². The molecule has 0 unspecified atom stereocenters. The molecular formula is C16H20ClN3S. The normalized spacial score (nSPS) is 14.7. The molecule has 2 aromatic rings. The van der Waals surface area contributed by atoms with Gasteiger partial charge in [-0.3, -0.25) is 0 Å². The lowest BCUT2D eigenvalue weighted by Gasteiger charge is -2.26. The van der Waals surface area contributed by atoms with Crippen molar-refractivity contribution in [3.05, 3.63) is 40.1 Å². The lowest BCUT2D eigenvalue weighted by Crippen LogP contribution is -2.26. The largest absolute Gasteiger partial charge is 0.361 e. The minimum absolute atomic E-state index is 0.326. The molecule has 1 fully saturated rings. The van der Waals surface area contributed by atoms with E-state index in [1.165, 1.54) is 18.4 Å². The Hall–Kier alpha value is -1.13. The van der Waals surface area contributed by atoms with Crippen LogP contribution in [-0.2, 0) is 12.4 Å². The molecule has 0 atom stereocenters. The van der Waals surface area contributed by atoms with Crippen LogP contribution in [0.4, 0.5) is 5.69 Å². The zero-order valence-electron chi connectivity index (χ0n) is 12.4. The fraction of sp³-hybridized carbons (Fsp3) is 0.500. The van der Waals surface area contributed by atoms with Crippen LogP contribution in [0.25, 0.3) is 0 Å². The molecule has 0 bridgehead atoms. The number of nitrogens with zero attached hydrogens (tertiary/aromatic N) is 3. The number of rotatable bonds is 6. The van der Waals surface area contributed by atoms with Crippen molar-refractivity contribution in [3.63, 3.8) is 0 Å². The first-order valence-corrected chi connectivity index (χ1v) is 8.86. The quantitative estimate of drug-likeness (QED) is 0.730. The van der Waals surface area contributed by atoms with Gasteiger partial charge in [-0.05, 0) is 35.2 Å². The first-order valence-electron chi connectivity index (χ1n) is 7.38. The minimum Gasteiger partial charge on any atom is -0.361 e. The maximum atomic E-state index is 6.14. The monoisotopic (exact) mass is 321 g/mol. The Morgan fingerprint density at radius 2 is 2.24 bits per heavy atom. The minimum atomic E-state index is 0.326. The average Bonchev–Trinajstić information content (AvgIpc) is 3.21. The lowest BCUT2D eigenvalue weighted by atomic mass is 10.2. The number of halogens is 1. The summed E-state index contributed by atoms with van der Waals surface area (Å²) < 4.78 is 0. The van der Waals surface area contributed by atoms with E-state index < -0.39 is 0 Å². The highest BCUT2D eigenvalue weighted by Crippen LogP contribution is 2.35. The summed E-state index contributed by atoms with van der Waals surface area (Å²) >= 11 is 7.89. The van der Waals surface area contributed by atoms with Crippen molar-refractivity contribution in [2.75, 3.05) is 4.90 Å². The van der Waals surface area contributed by atoms with Gasteiger partial charge in [-0.2, -0.15) is 11.3 Å². The van der Waals surface area contributed by atoms with Crippen LogP contribution in [0.1, 0.15) is 49.7 Å². The van der Waals surface area contributed by atoms with Gasteiger partial charge in [0, 0.05) is 18.5 Å². The molecule has 1 aliphatic rings. The first-order chi connectivity index (χ1) is 10.2. The molecule has 1 saturated carbocycles. The molecule has 0 spiro atoms. The molecule has 3 nitrogen and oxygen atoms in total. The SMILES string of the molecule is CC(C)c1ncc(N(Cc2ccsc2)C2CC2)c(CCl)n1. The molecule has 0 aliphatic heterocycles. The summed E-state index contributed by atoms with van der Waals surface area (Å²) in [5.41, 5.74) is 3.40. The maximum absolute atomic E-state index is 6.14. The molecule has 3 rings (SSSR count). The molecular weight excluding hydrogens is 302 g/mol. The van der Waals surface area contributed by atoms with Crippen molar-refractivity contribution in [3.8, 4) is 0 Å². The van der Waals surface area contributed by atoms with Gasteiger partial charge in [0.2, 0.25) is 0 Å². The Bertz CT molecular complexity index is 594. The Balaban J connectivity index is 1.91. The van der Waals surface area contributed by atoms with Gasteiger partial charge in [0.15, 0.2) is 0 Å². The fourth-order valence-corrected chi connectivity index (χ4v) is 3.28. The molecule has 5 heteroatoms. The Labute approximate surface area is 135 Å². The summed E-state index contributed by atoms with van der Waals surface area (Å²) in [6.45, 7) is 5.14. The smallest absolute Gasteiger partial charge is 0.131 e. The van der Waals surface area contributed by atoms with E-state index in [1.54, 1.807) is 11.3 Å². The summed E-state index contributed by atoms with van der Waals surface area (Å²) in [6.07, 6.45) is 4.46. The van der Waals surface area contributed by atoms with E-state index in [0.29, 0.717) is 17.8 Å². The second-order valence-electron chi connectivity index (χ2n) is 5.84. The molecule has 2 heterocycles. The van der Waals surface area contributed by atoms with Crippen LogP contribution in [0.2, 0.25) is 0 Å².